The monoisotopic (exact) mass is 281 g/mol. The van der Waals surface area contributed by atoms with Crippen molar-refractivity contribution < 1.29 is 4.79 Å². The van der Waals surface area contributed by atoms with Crippen LogP contribution in [0.1, 0.15) is 25.3 Å². The maximum Gasteiger partial charge on any atom is 0.261 e. The summed E-state index contributed by atoms with van der Waals surface area (Å²) < 4.78 is 0. The molecule has 1 amide bonds. The molecule has 6 heteroatoms. The lowest BCUT2D eigenvalue weighted by Gasteiger charge is -2.01. The molecule has 2 heterocycles. The first kappa shape index (κ1) is 13.0. The highest BCUT2D eigenvalue weighted by Crippen LogP contribution is 2.23. The van der Waals surface area contributed by atoms with E-state index in [1.807, 2.05) is 19.2 Å². The van der Waals surface area contributed by atoms with E-state index >= 15 is 0 Å². The largest absolute Gasteiger partial charge is 0.398 e. The number of thiophene rings is 1. The number of aryl methyl sites for hydroxylation is 2. The van der Waals surface area contributed by atoms with Crippen molar-refractivity contribution in [3.8, 4) is 0 Å². The number of carbonyl (C=O) groups is 1. The van der Waals surface area contributed by atoms with Gasteiger partial charge < -0.3 is 11.1 Å². The van der Waals surface area contributed by atoms with Gasteiger partial charge in [-0.15, -0.1) is 22.7 Å². The van der Waals surface area contributed by atoms with Crippen molar-refractivity contribution in [2.45, 2.75) is 20.3 Å². The molecule has 0 aliphatic rings. The van der Waals surface area contributed by atoms with Gasteiger partial charge in [-0.3, -0.25) is 4.79 Å². The molecule has 4 nitrogen and oxygen atoms in total. The zero-order valence-corrected chi connectivity index (χ0v) is 12.0. The summed E-state index contributed by atoms with van der Waals surface area (Å²) in [5, 5.41) is 5.95. The summed E-state index contributed by atoms with van der Waals surface area (Å²) in [6.45, 7) is 4.48. The summed E-state index contributed by atoms with van der Waals surface area (Å²) >= 11 is 3.05. The molecule has 0 saturated carbocycles. The fraction of sp³-hybridized carbons (Fsp3) is 0.333. The van der Waals surface area contributed by atoms with E-state index in [0.717, 1.165) is 22.0 Å². The van der Waals surface area contributed by atoms with Crippen LogP contribution in [-0.2, 0) is 6.42 Å². The lowest BCUT2D eigenvalue weighted by molar-refractivity contribution is 0.0958. The average Bonchev–Trinajstić information content (AvgIpc) is 2.87. The minimum atomic E-state index is -0.0632. The number of nitrogens with one attached hydrogen (secondary N) is 1. The van der Waals surface area contributed by atoms with Crippen LogP contribution in [0.2, 0.25) is 0 Å². The Morgan fingerprint density at radius 3 is 2.83 bits per heavy atom. The van der Waals surface area contributed by atoms with Crippen LogP contribution in [-0.4, -0.2) is 17.4 Å². The smallest absolute Gasteiger partial charge is 0.261 e. The first-order valence-corrected chi connectivity index (χ1v) is 7.31. The Morgan fingerprint density at radius 1 is 1.50 bits per heavy atom. The molecule has 0 radical (unpaired) electrons. The molecule has 96 valence electrons. The SMILES string of the molecule is Cc1nc(CCNC(=O)c2cc(N)c(C)s2)cs1. The van der Waals surface area contributed by atoms with Crippen LogP contribution in [0.4, 0.5) is 5.69 Å². The predicted octanol–water partition coefficient (Wildman–Crippen LogP) is 2.38. The number of nitrogen functional groups attached to an aromatic ring is 1. The Morgan fingerprint density at radius 2 is 2.28 bits per heavy atom. The van der Waals surface area contributed by atoms with E-state index in [1.54, 1.807) is 17.4 Å². The highest BCUT2D eigenvalue weighted by Gasteiger charge is 2.10. The van der Waals surface area contributed by atoms with Gasteiger partial charge in [0, 0.05) is 28.9 Å². The number of rotatable bonds is 4. The molecule has 18 heavy (non-hydrogen) atoms. The molecule has 2 aromatic heterocycles. The van der Waals surface area contributed by atoms with Gasteiger partial charge in [0.05, 0.1) is 15.6 Å². The van der Waals surface area contributed by atoms with E-state index in [2.05, 4.69) is 10.3 Å². The van der Waals surface area contributed by atoms with Crippen LogP contribution >= 0.6 is 22.7 Å². The molecule has 0 aromatic carbocycles. The summed E-state index contributed by atoms with van der Waals surface area (Å²) in [7, 11) is 0. The molecule has 0 atom stereocenters. The fourth-order valence-corrected chi connectivity index (χ4v) is 3.03. The van der Waals surface area contributed by atoms with Gasteiger partial charge in [-0.05, 0) is 19.9 Å². The topological polar surface area (TPSA) is 68.0 Å². The van der Waals surface area contributed by atoms with Crippen molar-refractivity contribution in [3.05, 3.63) is 31.9 Å². The van der Waals surface area contributed by atoms with Crippen molar-refractivity contribution in [2.24, 2.45) is 0 Å². The quantitative estimate of drug-likeness (QED) is 0.904. The Hall–Kier alpha value is -1.40. The number of thiazole rings is 1. The molecule has 0 spiro atoms. The maximum atomic E-state index is 11.8. The van der Waals surface area contributed by atoms with Gasteiger partial charge in [0.1, 0.15) is 0 Å². The zero-order valence-electron chi connectivity index (χ0n) is 10.3. The molecule has 0 unspecified atom stereocenters. The minimum absolute atomic E-state index is 0.0632. The summed E-state index contributed by atoms with van der Waals surface area (Å²) in [5.41, 5.74) is 7.43. The van der Waals surface area contributed by atoms with Gasteiger partial charge in [-0.2, -0.15) is 0 Å². The molecule has 0 aliphatic heterocycles. The molecule has 0 aliphatic carbocycles. The third-order valence-corrected chi connectivity index (χ3v) is 4.40. The fourth-order valence-electron chi connectivity index (χ4n) is 1.52. The average molecular weight is 281 g/mol. The Kier molecular flexibility index (Phi) is 3.98. The van der Waals surface area contributed by atoms with E-state index in [-0.39, 0.29) is 5.91 Å². The van der Waals surface area contributed by atoms with Crippen LogP contribution in [0.3, 0.4) is 0 Å². The highest BCUT2D eigenvalue weighted by molar-refractivity contribution is 7.14. The Balaban J connectivity index is 1.85. The van der Waals surface area contributed by atoms with Crippen LogP contribution < -0.4 is 11.1 Å². The molecule has 2 rings (SSSR count). The predicted molar refractivity (Wildman–Crippen MR) is 76.4 cm³/mol. The molecule has 0 fully saturated rings. The summed E-state index contributed by atoms with van der Waals surface area (Å²) in [6.07, 6.45) is 0.760. The normalized spacial score (nSPS) is 10.6. The number of amides is 1. The summed E-state index contributed by atoms with van der Waals surface area (Å²) in [6, 6.07) is 1.72. The van der Waals surface area contributed by atoms with E-state index in [1.165, 1.54) is 11.3 Å². The number of hydrogen-bond donors (Lipinski definition) is 2. The van der Waals surface area contributed by atoms with Crippen LogP contribution in [0.25, 0.3) is 0 Å². The first-order chi connectivity index (χ1) is 8.56. The molecule has 3 N–H and O–H groups in total. The number of hydrogen-bond acceptors (Lipinski definition) is 5. The number of anilines is 1. The lowest BCUT2D eigenvalue weighted by Crippen LogP contribution is -2.24. The number of carbonyl (C=O) groups excluding carboxylic acids is 1. The summed E-state index contributed by atoms with van der Waals surface area (Å²) in [4.78, 5) is 17.8. The van der Waals surface area contributed by atoms with Crippen LogP contribution in [0.5, 0.6) is 0 Å². The van der Waals surface area contributed by atoms with Crippen molar-refractivity contribution in [3.63, 3.8) is 0 Å². The van der Waals surface area contributed by atoms with Crippen molar-refractivity contribution in [1.29, 1.82) is 0 Å². The molecule has 0 bridgehead atoms. The first-order valence-electron chi connectivity index (χ1n) is 5.61. The highest BCUT2D eigenvalue weighted by atomic mass is 32.1. The van der Waals surface area contributed by atoms with Gasteiger partial charge in [0.2, 0.25) is 0 Å². The number of nitrogens with two attached hydrogens (primary N) is 1. The van der Waals surface area contributed by atoms with E-state index < -0.39 is 0 Å². The van der Waals surface area contributed by atoms with Crippen molar-refractivity contribution >= 4 is 34.3 Å². The second-order valence-electron chi connectivity index (χ2n) is 3.99. The van der Waals surface area contributed by atoms with E-state index in [9.17, 15) is 4.79 Å². The third-order valence-electron chi connectivity index (χ3n) is 2.51. The van der Waals surface area contributed by atoms with Gasteiger partial charge in [0.15, 0.2) is 0 Å². The van der Waals surface area contributed by atoms with Gasteiger partial charge >= 0.3 is 0 Å². The van der Waals surface area contributed by atoms with Crippen molar-refractivity contribution in [2.75, 3.05) is 12.3 Å². The zero-order chi connectivity index (χ0) is 13.1. The molecule has 0 saturated heterocycles. The Bertz CT molecular complexity index is 540. The van der Waals surface area contributed by atoms with E-state index in [0.29, 0.717) is 17.1 Å². The lowest BCUT2D eigenvalue weighted by atomic mass is 10.3. The number of nitrogens with zero attached hydrogens (tertiary/aromatic N) is 1. The van der Waals surface area contributed by atoms with Crippen LogP contribution in [0.15, 0.2) is 11.4 Å². The standard InChI is InChI=1S/C12H15N3OS2/c1-7-10(13)5-11(18-7)12(16)14-4-3-9-6-17-8(2)15-9/h5-6H,3-4,13H2,1-2H3,(H,14,16). The maximum absolute atomic E-state index is 11.8. The second kappa shape index (κ2) is 5.49. The molecular formula is C12H15N3OS2. The van der Waals surface area contributed by atoms with Crippen LogP contribution in [0, 0.1) is 13.8 Å². The molecule has 2 aromatic rings. The second-order valence-corrected chi connectivity index (χ2v) is 6.30. The molecular weight excluding hydrogens is 266 g/mol. The number of aromatic nitrogens is 1. The Labute approximate surface area is 114 Å². The third kappa shape index (κ3) is 3.08. The summed E-state index contributed by atoms with van der Waals surface area (Å²) in [5.74, 6) is -0.0632. The van der Waals surface area contributed by atoms with Gasteiger partial charge in [0.25, 0.3) is 5.91 Å². The minimum Gasteiger partial charge on any atom is -0.398 e. The van der Waals surface area contributed by atoms with Crippen molar-refractivity contribution in [1.82, 2.24) is 10.3 Å². The van der Waals surface area contributed by atoms with E-state index in [4.69, 9.17) is 5.73 Å². The van der Waals surface area contributed by atoms with Gasteiger partial charge in [-0.25, -0.2) is 4.98 Å². The van der Waals surface area contributed by atoms with Gasteiger partial charge in [-0.1, -0.05) is 0 Å².